The number of benzene rings is 1. The second-order valence-corrected chi connectivity index (χ2v) is 7.31. The first-order chi connectivity index (χ1) is 11.8. The second-order valence-electron chi connectivity index (χ2n) is 5.55. The number of halogens is 1. The molecule has 0 aliphatic carbocycles. The summed E-state index contributed by atoms with van der Waals surface area (Å²) >= 11 is 0. The fourth-order valence-corrected chi connectivity index (χ4v) is 3.52. The number of nitrogen functional groups attached to an aromatic ring is 1. The van der Waals surface area contributed by atoms with Crippen molar-refractivity contribution in [2.24, 2.45) is 0 Å². The molecule has 0 bridgehead atoms. The van der Waals surface area contributed by atoms with E-state index in [-0.39, 0.29) is 17.4 Å². The monoisotopic (exact) mass is 365 g/mol. The molecule has 0 spiro atoms. The number of anilines is 1. The minimum absolute atomic E-state index is 0.125. The molecule has 1 aromatic carbocycles. The predicted octanol–water partition coefficient (Wildman–Crippen LogP) is 0.0611. The van der Waals surface area contributed by atoms with Crippen LogP contribution in [0, 0.1) is 5.82 Å². The van der Waals surface area contributed by atoms with E-state index >= 15 is 0 Å². The van der Waals surface area contributed by atoms with Crippen LogP contribution < -0.4 is 10.5 Å². The summed E-state index contributed by atoms with van der Waals surface area (Å²) < 4.78 is 39.6. The number of carbonyl (C=O) groups excluding carboxylic acids is 1. The van der Waals surface area contributed by atoms with Gasteiger partial charge in [0.15, 0.2) is 0 Å². The van der Waals surface area contributed by atoms with Gasteiger partial charge in [-0.15, -0.1) is 0 Å². The summed E-state index contributed by atoms with van der Waals surface area (Å²) in [7, 11) is -3.97. The Kier molecular flexibility index (Phi) is 4.64. The maximum atomic E-state index is 13.2. The molecule has 10 heteroatoms. The van der Waals surface area contributed by atoms with Gasteiger partial charge in [-0.2, -0.15) is 0 Å². The number of carbonyl (C=O) groups is 1. The normalized spacial score (nSPS) is 14.2. The average Bonchev–Trinajstić information content (AvgIpc) is 2.59. The minimum atomic E-state index is -3.97. The molecule has 3 rings (SSSR count). The molecule has 25 heavy (non-hydrogen) atoms. The number of nitrogens with two attached hydrogens (primary N) is 1. The number of sulfonamides is 1. The lowest BCUT2D eigenvalue weighted by Gasteiger charge is -2.28. The van der Waals surface area contributed by atoms with Gasteiger partial charge in [0, 0.05) is 12.7 Å². The molecule has 1 amide bonds. The van der Waals surface area contributed by atoms with Crippen molar-refractivity contribution in [1.29, 1.82) is 0 Å². The predicted molar refractivity (Wildman–Crippen MR) is 87.2 cm³/mol. The third-order valence-electron chi connectivity index (χ3n) is 3.84. The second kappa shape index (κ2) is 6.73. The molecule has 8 nitrogen and oxygen atoms in total. The Labute approximate surface area is 143 Å². The van der Waals surface area contributed by atoms with E-state index < -0.39 is 28.3 Å². The Morgan fingerprint density at radius 3 is 2.96 bits per heavy atom. The van der Waals surface area contributed by atoms with Crippen molar-refractivity contribution in [2.45, 2.75) is 17.9 Å². The van der Waals surface area contributed by atoms with Gasteiger partial charge in [-0.25, -0.2) is 27.5 Å². The van der Waals surface area contributed by atoms with Crippen LogP contribution in [0.1, 0.15) is 11.3 Å². The SMILES string of the molecule is Nc1ncc2c(n1)CN(C(=O)CNS(=O)(=O)c1cccc(F)c1)CC2. The number of aromatic nitrogens is 2. The largest absolute Gasteiger partial charge is 0.368 e. The van der Waals surface area contributed by atoms with Crippen molar-refractivity contribution in [1.82, 2.24) is 19.6 Å². The number of hydrogen-bond acceptors (Lipinski definition) is 6. The smallest absolute Gasteiger partial charge is 0.241 e. The topological polar surface area (TPSA) is 118 Å². The van der Waals surface area contributed by atoms with Gasteiger partial charge in [0.2, 0.25) is 21.9 Å². The molecule has 0 atom stereocenters. The molecule has 1 aliphatic rings. The Bertz CT molecular complexity index is 919. The summed E-state index contributed by atoms with van der Waals surface area (Å²) in [5.74, 6) is -0.943. The number of rotatable bonds is 4. The first-order valence-corrected chi connectivity index (χ1v) is 8.97. The highest BCUT2D eigenvalue weighted by Crippen LogP contribution is 2.17. The highest BCUT2D eigenvalue weighted by Gasteiger charge is 2.24. The number of fused-ring (bicyclic) bond motifs is 1. The fraction of sp³-hybridized carbons (Fsp3) is 0.267. The molecule has 0 radical (unpaired) electrons. The Morgan fingerprint density at radius 1 is 1.40 bits per heavy atom. The van der Waals surface area contributed by atoms with Crippen LogP contribution in [-0.2, 0) is 27.8 Å². The van der Waals surface area contributed by atoms with Crippen LogP contribution in [0.15, 0.2) is 35.4 Å². The van der Waals surface area contributed by atoms with Crippen molar-refractivity contribution >= 4 is 21.9 Å². The van der Waals surface area contributed by atoms with Crippen molar-refractivity contribution in [3.8, 4) is 0 Å². The quantitative estimate of drug-likeness (QED) is 0.791. The van der Waals surface area contributed by atoms with E-state index in [2.05, 4.69) is 14.7 Å². The number of nitrogens with zero attached hydrogens (tertiary/aromatic N) is 3. The van der Waals surface area contributed by atoms with Crippen LogP contribution in [0.3, 0.4) is 0 Å². The van der Waals surface area contributed by atoms with Crippen LogP contribution in [0.4, 0.5) is 10.3 Å². The zero-order chi connectivity index (χ0) is 18.0. The van der Waals surface area contributed by atoms with Crippen LogP contribution in [0.2, 0.25) is 0 Å². The average molecular weight is 365 g/mol. The molecule has 2 aromatic rings. The van der Waals surface area contributed by atoms with Gasteiger partial charge in [-0.1, -0.05) is 6.07 Å². The number of amides is 1. The zero-order valence-electron chi connectivity index (χ0n) is 13.1. The highest BCUT2D eigenvalue weighted by molar-refractivity contribution is 7.89. The summed E-state index contributed by atoms with van der Waals surface area (Å²) in [5, 5.41) is 0. The van der Waals surface area contributed by atoms with Gasteiger partial charge < -0.3 is 10.6 Å². The van der Waals surface area contributed by atoms with Gasteiger partial charge >= 0.3 is 0 Å². The van der Waals surface area contributed by atoms with Gasteiger partial charge in [0.1, 0.15) is 5.82 Å². The lowest BCUT2D eigenvalue weighted by molar-refractivity contribution is -0.130. The molecular formula is C15H16FN5O3S. The van der Waals surface area contributed by atoms with E-state index in [4.69, 9.17) is 5.73 Å². The van der Waals surface area contributed by atoms with E-state index in [0.717, 1.165) is 17.7 Å². The van der Waals surface area contributed by atoms with Crippen LogP contribution in [-0.4, -0.2) is 42.3 Å². The number of nitrogens with one attached hydrogen (secondary N) is 1. The molecule has 0 saturated carbocycles. The standard InChI is InChI=1S/C15H16FN5O3S/c16-11-2-1-3-12(6-11)25(23,24)19-8-14(22)21-5-4-10-7-18-15(17)20-13(10)9-21/h1-3,6-7,19H,4-5,8-9H2,(H2,17,18,20). The van der Waals surface area contributed by atoms with Gasteiger partial charge in [-0.05, 0) is 30.2 Å². The molecule has 1 aromatic heterocycles. The van der Waals surface area contributed by atoms with Crippen molar-refractivity contribution in [3.05, 3.63) is 47.5 Å². The van der Waals surface area contributed by atoms with E-state index in [0.29, 0.717) is 18.7 Å². The van der Waals surface area contributed by atoms with E-state index in [1.54, 1.807) is 6.20 Å². The molecule has 1 aliphatic heterocycles. The third kappa shape index (κ3) is 3.91. The third-order valence-corrected chi connectivity index (χ3v) is 5.24. The minimum Gasteiger partial charge on any atom is -0.368 e. The molecule has 0 saturated heterocycles. The summed E-state index contributed by atoms with van der Waals surface area (Å²) in [6.45, 7) is 0.248. The summed E-state index contributed by atoms with van der Waals surface area (Å²) in [6.07, 6.45) is 2.20. The molecular weight excluding hydrogens is 349 g/mol. The molecule has 2 heterocycles. The van der Waals surface area contributed by atoms with Crippen LogP contribution >= 0.6 is 0 Å². The van der Waals surface area contributed by atoms with Crippen LogP contribution in [0.5, 0.6) is 0 Å². The van der Waals surface area contributed by atoms with Gasteiger partial charge in [0.05, 0.1) is 23.7 Å². The Hall–Kier alpha value is -2.59. The summed E-state index contributed by atoms with van der Waals surface area (Å²) in [4.78, 5) is 21.6. The molecule has 0 fully saturated rings. The Balaban J connectivity index is 1.65. The van der Waals surface area contributed by atoms with E-state index in [1.165, 1.54) is 17.0 Å². The lowest BCUT2D eigenvalue weighted by atomic mass is 10.1. The fourth-order valence-electron chi connectivity index (χ4n) is 2.52. The summed E-state index contributed by atoms with van der Waals surface area (Å²) in [5.41, 5.74) is 7.12. The molecule has 3 N–H and O–H groups in total. The van der Waals surface area contributed by atoms with Crippen molar-refractivity contribution < 1.29 is 17.6 Å². The highest BCUT2D eigenvalue weighted by atomic mass is 32.2. The zero-order valence-corrected chi connectivity index (χ0v) is 14.0. The van der Waals surface area contributed by atoms with Gasteiger partial charge in [-0.3, -0.25) is 4.79 Å². The summed E-state index contributed by atoms with van der Waals surface area (Å²) in [6, 6.07) is 4.58. The maximum Gasteiger partial charge on any atom is 0.241 e. The Morgan fingerprint density at radius 2 is 2.20 bits per heavy atom. The van der Waals surface area contributed by atoms with Crippen LogP contribution in [0.25, 0.3) is 0 Å². The number of hydrogen-bond donors (Lipinski definition) is 2. The molecule has 132 valence electrons. The van der Waals surface area contributed by atoms with Crippen molar-refractivity contribution in [2.75, 3.05) is 18.8 Å². The molecule has 0 unspecified atom stereocenters. The lowest BCUT2D eigenvalue weighted by Crippen LogP contribution is -2.42. The van der Waals surface area contributed by atoms with E-state index in [1.807, 2.05) is 0 Å². The maximum absolute atomic E-state index is 13.2. The van der Waals surface area contributed by atoms with Crippen molar-refractivity contribution in [3.63, 3.8) is 0 Å². The van der Waals surface area contributed by atoms with E-state index in [9.17, 15) is 17.6 Å². The van der Waals surface area contributed by atoms with Gasteiger partial charge in [0.25, 0.3) is 0 Å². The first kappa shape index (κ1) is 17.2. The first-order valence-electron chi connectivity index (χ1n) is 7.48.